The summed E-state index contributed by atoms with van der Waals surface area (Å²) in [6.45, 7) is 1.49. The van der Waals surface area contributed by atoms with Crippen molar-refractivity contribution in [2.75, 3.05) is 29.9 Å². The van der Waals surface area contributed by atoms with Crippen LogP contribution in [-0.4, -0.2) is 26.0 Å². The predicted octanol–water partition coefficient (Wildman–Crippen LogP) is 2.85. The van der Waals surface area contributed by atoms with Crippen molar-refractivity contribution in [1.82, 2.24) is 0 Å². The molecule has 0 unspecified atom stereocenters. The molecule has 2 aromatic carbocycles. The summed E-state index contributed by atoms with van der Waals surface area (Å²) in [6, 6.07) is 14.0. The number of hydrogen-bond donors (Lipinski definition) is 0. The number of anilines is 2. The predicted molar refractivity (Wildman–Crippen MR) is 82.2 cm³/mol. The van der Waals surface area contributed by atoms with Gasteiger partial charge in [-0.3, -0.25) is 4.79 Å². The molecule has 1 aliphatic heterocycles. The maximum absolute atomic E-state index is 12.9. The number of amides is 1. The highest BCUT2D eigenvalue weighted by atomic mass is 19.1. The van der Waals surface area contributed by atoms with Crippen LogP contribution in [0.1, 0.15) is 5.56 Å². The van der Waals surface area contributed by atoms with Crippen LogP contribution in [0.5, 0.6) is 0 Å². The quantitative estimate of drug-likeness (QED) is 0.846. The lowest BCUT2D eigenvalue weighted by Crippen LogP contribution is -2.43. The Balaban J connectivity index is 1.82. The van der Waals surface area contributed by atoms with Crippen molar-refractivity contribution in [3.8, 4) is 0 Å². The average Bonchev–Trinajstić information content (AvgIpc) is 2.50. The largest absolute Gasteiger partial charge is 0.371 e. The summed E-state index contributed by atoms with van der Waals surface area (Å²) >= 11 is 0. The van der Waals surface area contributed by atoms with E-state index in [1.807, 2.05) is 36.2 Å². The number of benzene rings is 2. The van der Waals surface area contributed by atoms with Crippen molar-refractivity contribution in [1.29, 1.82) is 0 Å². The summed E-state index contributed by atoms with van der Waals surface area (Å²) in [5.41, 5.74) is 2.84. The van der Waals surface area contributed by atoms with Gasteiger partial charge in [0, 0.05) is 20.1 Å². The number of rotatable bonds is 2. The molecule has 0 radical (unpaired) electrons. The second-order valence-corrected chi connectivity index (χ2v) is 5.26. The highest BCUT2D eigenvalue weighted by Crippen LogP contribution is 2.32. The topological polar surface area (TPSA) is 23.6 Å². The van der Waals surface area contributed by atoms with E-state index in [0.717, 1.165) is 23.5 Å². The van der Waals surface area contributed by atoms with Crippen molar-refractivity contribution in [3.05, 3.63) is 59.9 Å². The van der Waals surface area contributed by atoms with E-state index < -0.39 is 0 Å². The summed E-state index contributed by atoms with van der Waals surface area (Å²) in [5, 5.41) is 0. The van der Waals surface area contributed by atoms with Crippen LogP contribution in [0.25, 0.3) is 0 Å². The lowest BCUT2D eigenvalue weighted by atomic mass is 10.1. The Morgan fingerprint density at radius 3 is 2.43 bits per heavy atom. The Kier molecular flexibility index (Phi) is 3.60. The highest BCUT2D eigenvalue weighted by molar-refractivity contribution is 5.98. The third-order valence-corrected chi connectivity index (χ3v) is 3.81. The molecule has 108 valence electrons. The zero-order chi connectivity index (χ0) is 14.8. The van der Waals surface area contributed by atoms with Crippen LogP contribution in [-0.2, 0) is 11.2 Å². The van der Waals surface area contributed by atoms with E-state index in [1.54, 1.807) is 12.1 Å². The Morgan fingerprint density at radius 1 is 1.05 bits per heavy atom. The van der Waals surface area contributed by atoms with Crippen molar-refractivity contribution in [2.24, 2.45) is 0 Å². The lowest BCUT2D eigenvalue weighted by molar-refractivity contribution is -0.118. The molecule has 0 saturated carbocycles. The number of carbonyl (C=O) groups excluding carboxylic acids is 1. The van der Waals surface area contributed by atoms with E-state index in [0.29, 0.717) is 13.0 Å². The molecule has 3 rings (SSSR count). The first-order valence-corrected chi connectivity index (χ1v) is 7.00. The maximum Gasteiger partial charge on any atom is 0.231 e. The molecule has 0 spiro atoms. The third-order valence-electron chi connectivity index (χ3n) is 3.81. The van der Waals surface area contributed by atoms with Gasteiger partial charge in [-0.15, -0.1) is 0 Å². The van der Waals surface area contributed by atoms with Crippen LogP contribution in [0.3, 0.4) is 0 Å². The van der Waals surface area contributed by atoms with Gasteiger partial charge in [0.2, 0.25) is 5.91 Å². The molecule has 0 fully saturated rings. The number of likely N-dealkylation sites (N-methyl/N-ethyl adjacent to an activating group) is 1. The first-order valence-electron chi connectivity index (χ1n) is 7.00. The van der Waals surface area contributed by atoms with Crippen LogP contribution in [0, 0.1) is 5.82 Å². The van der Waals surface area contributed by atoms with Gasteiger partial charge in [-0.05, 0) is 29.8 Å². The molecule has 1 heterocycles. The summed E-state index contributed by atoms with van der Waals surface area (Å²) in [4.78, 5) is 16.5. The fourth-order valence-corrected chi connectivity index (χ4v) is 2.64. The van der Waals surface area contributed by atoms with Crippen molar-refractivity contribution in [2.45, 2.75) is 6.42 Å². The SMILES string of the molecule is CN1CCN(C(=O)Cc2ccc(F)cc2)c2ccccc21. The molecule has 0 N–H and O–H groups in total. The molecular formula is C17H17FN2O. The minimum Gasteiger partial charge on any atom is -0.371 e. The van der Waals surface area contributed by atoms with Gasteiger partial charge >= 0.3 is 0 Å². The molecular weight excluding hydrogens is 267 g/mol. The Morgan fingerprint density at radius 2 is 1.71 bits per heavy atom. The van der Waals surface area contributed by atoms with E-state index in [-0.39, 0.29) is 11.7 Å². The summed E-state index contributed by atoms with van der Waals surface area (Å²) < 4.78 is 12.9. The summed E-state index contributed by atoms with van der Waals surface area (Å²) in [6.07, 6.45) is 0.290. The van der Waals surface area contributed by atoms with Gasteiger partial charge in [-0.2, -0.15) is 0 Å². The van der Waals surface area contributed by atoms with Crippen molar-refractivity contribution in [3.63, 3.8) is 0 Å². The Labute approximate surface area is 123 Å². The maximum atomic E-state index is 12.9. The lowest BCUT2D eigenvalue weighted by Gasteiger charge is -2.35. The number of carbonyl (C=O) groups is 1. The molecule has 0 atom stereocenters. The number of halogens is 1. The zero-order valence-corrected chi connectivity index (χ0v) is 11.9. The van der Waals surface area contributed by atoms with Crippen molar-refractivity contribution >= 4 is 17.3 Å². The van der Waals surface area contributed by atoms with Crippen LogP contribution < -0.4 is 9.80 Å². The highest BCUT2D eigenvalue weighted by Gasteiger charge is 2.24. The monoisotopic (exact) mass is 284 g/mol. The average molecular weight is 284 g/mol. The Hall–Kier alpha value is -2.36. The summed E-state index contributed by atoms with van der Waals surface area (Å²) in [7, 11) is 2.03. The molecule has 1 amide bonds. The number of para-hydroxylation sites is 2. The van der Waals surface area contributed by atoms with Crippen LogP contribution in [0.15, 0.2) is 48.5 Å². The fraction of sp³-hybridized carbons (Fsp3) is 0.235. The number of hydrogen-bond acceptors (Lipinski definition) is 2. The number of nitrogens with zero attached hydrogens (tertiary/aromatic N) is 2. The smallest absolute Gasteiger partial charge is 0.231 e. The number of fused-ring (bicyclic) bond motifs is 1. The van der Waals surface area contributed by atoms with Gasteiger partial charge in [0.25, 0.3) is 0 Å². The third kappa shape index (κ3) is 2.75. The molecule has 1 aliphatic rings. The van der Waals surface area contributed by atoms with E-state index >= 15 is 0 Å². The molecule has 2 aromatic rings. The standard InChI is InChI=1S/C17H17FN2O/c1-19-10-11-20(16-5-3-2-4-15(16)19)17(21)12-13-6-8-14(18)9-7-13/h2-9H,10-12H2,1H3. The van der Waals surface area contributed by atoms with Gasteiger partial charge < -0.3 is 9.80 Å². The summed E-state index contributed by atoms with van der Waals surface area (Å²) in [5.74, 6) is -0.238. The molecule has 21 heavy (non-hydrogen) atoms. The van der Waals surface area contributed by atoms with E-state index in [1.165, 1.54) is 12.1 Å². The molecule has 4 heteroatoms. The second-order valence-electron chi connectivity index (χ2n) is 5.26. The molecule has 0 saturated heterocycles. The van der Waals surface area contributed by atoms with Gasteiger partial charge in [-0.25, -0.2) is 4.39 Å². The fourth-order valence-electron chi connectivity index (χ4n) is 2.64. The molecule has 0 aromatic heterocycles. The molecule has 0 bridgehead atoms. The van der Waals surface area contributed by atoms with Gasteiger partial charge in [0.15, 0.2) is 0 Å². The second kappa shape index (κ2) is 5.56. The van der Waals surface area contributed by atoms with Gasteiger partial charge in [0.05, 0.1) is 17.8 Å². The minimum absolute atomic E-state index is 0.0437. The first-order chi connectivity index (χ1) is 10.1. The van der Waals surface area contributed by atoms with E-state index in [4.69, 9.17) is 0 Å². The first kappa shape index (κ1) is 13.6. The molecule has 3 nitrogen and oxygen atoms in total. The van der Waals surface area contributed by atoms with Crippen LogP contribution >= 0.6 is 0 Å². The normalized spacial score (nSPS) is 14.0. The Bertz CT molecular complexity index is 654. The van der Waals surface area contributed by atoms with Gasteiger partial charge in [0.1, 0.15) is 5.82 Å². The van der Waals surface area contributed by atoms with E-state index in [2.05, 4.69) is 4.90 Å². The van der Waals surface area contributed by atoms with E-state index in [9.17, 15) is 9.18 Å². The van der Waals surface area contributed by atoms with Crippen molar-refractivity contribution < 1.29 is 9.18 Å². The van der Waals surface area contributed by atoms with Crippen LogP contribution in [0.4, 0.5) is 15.8 Å². The molecule has 0 aliphatic carbocycles. The van der Waals surface area contributed by atoms with Crippen LogP contribution in [0.2, 0.25) is 0 Å². The van der Waals surface area contributed by atoms with Gasteiger partial charge in [-0.1, -0.05) is 24.3 Å². The minimum atomic E-state index is -0.281. The zero-order valence-electron chi connectivity index (χ0n) is 11.9.